The number of benzene rings is 3. The zero-order chi connectivity index (χ0) is 26.6. The molecule has 2 fully saturated rings. The zero-order valence-corrected chi connectivity index (χ0v) is 21.4. The fraction of sp³-hybridized carbons (Fsp3) is 0.290. The van der Waals surface area contributed by atoms with Crippen LogP contribution in [0.15, 0.2) is 66.9 Å². The summed E-state index contributed by atoms with van der Waals surface area (Å²) >= 11 is 0. The molecule has 2 unspecified atom stereocenters. The maximum Gasteiger partial charge on any atom is 0.299 e. The predicted molar refractivity (Wildman–Crippen MR) is 148 cm³/mol. The number of anilines is 1. The van der Waals surface area contributed by atoms with Crippen molar-refractivity contribution in [3.05, 3.63) is 83.8 Å². The molecular formula is C31H29F2N5O. The number of aromatic amines is 1. The number of carbonyl (C=O) groups is 1. The number of halogens is 2. The van der Waals surface area contributed by atoms with E-state index < -0.39 is 5.92 Å². The minimum absolute atomic E-state index is 0.0118. The number of alkyl halides is 2. The van der Waals surface area contributed by atoms with E-state index in [0.717, 1.165) is 67.0 Å². The molecule has 2 saturated heterocycles. The highest BCUT2D eigenvalue weighted by Crippen LogP contribution is 2.52. The second-order valence-electron chi connectivity index (χ2n) is 10.6. The molecule has 2 atom stereocenters. The maximum atomic E-state index is 15.7. The third-order valence-electron chi connectivity index (χ3n) is 8.17. The second kappa shape index (κ2) is 9.39. The predicted octanol–water partition coefficient (Wildman–Crippen LogP) is 5.98. The number of amides is 1. The summed E-state index contributed by atoms with van der Waals surface area (Å²) in [4.78, 5) is 20.5. The van der Waals surface area contributed by atoms with Gasteiger partial charge in [-0.15, -0.1) is 0 Å². The van der Waals surface area contributed by atoms with Gasteiger partial charge in [-0.2, -0.15) is 8.78 Å². The third kappa shape index (κ3) is 4.24. The van der Waals surface area contributed by atoms with Crippen molar-refractivity contribution in [2.75, 3.05) is 18.4 Å². The summed E-state index contributed by atoms with van der Waals surface area (Å²) in [7, 11) is 0. The average Bonchev–Trinajstić information content (AvgIpc) is 3.77. The van der Waals surface area contributed by atoms with Crippen molar-refractivity contribution in [2.24, 2.45) is 0 Å². The number of aromatic nitrogens is 2. The fourth-order valence-electron chi connectivity index (χ4n) is 6.04. The molecule has 198 valence electrons. The first kappa shape index (κ1) is 24.2. The number of hydrogen-bond acceptors (Lipinski definition) is 4. The Bertz CT molecular complexity index is 1550. The summed E-state index contributed by atoms with van der Waals surface area (Å²) < 4.78 is 31.4. The number of nitrogens with one attached hydrogen (secondary N) is 4. The van der Waals surface area contributed by atoms with E-state index in [0.29, 0.717) is 16.8 Å². The number of fused-ring (bicyclic) bond motifs is 3. The Hall–Kier alpha value is -3.88. The van der Waals surface area contributed by atoms with Crippen molar-refractivity contribution in [1.29, 1.82) is 0 Å². The monoisotopic (exact) mass is 525 g/mol. The van der Waals surface area contributed by atoms with Gasteiger partial charge in [0.25, 0.3) is 5.92 Å². The molecule has 2 aliphatic heterocycles. The molecule has 6 nitrogen and oxygen atoms in total. The highest BCUT2D eigenvalue weighted by Gasteiger charge is 2.44. The second-order valence-corrected chi connectivity index (χ2v) is 10.6. The highest BCUT2D eigenvalue weighted by atomic mass is 19.3. The average molecular weight is 526 g/mol. The fourth-order valence-corrected chi connectivity index (χ4v) is 6.04. The van der Waals surface area contributed by atoms with Gasteiger partial charge in [0.1, 0.15) is 5.82 Å². The number of hydrogen-bond donors (Lipinski definition) is 4. The summed E-state index contributed by atoms with van der Waals surface area (Å²) in [5.41, 5.74) is 4.86. The van der Waals surface area contributed by atoms with Gasteiger partial charge in [0.15, 0.2) is 0 Å². The van der Waals surface area contributed by atoms with Crippen molar-refractivity contribution in [3.8, 4) is 33.5 Å². The lowest BCUT2D eigenvalue weighted by molar-refractivity contribution is -0.117. The van der Waals surface area contributed by atoms with Crippen LogP contribution in [0.1, 0.15) is 48.7 Å². The smallest absolute Gasteiger partial charge is 0.299 e. The largest absolute Gasteiger partial charge is 0.341 e. The van der Waals surface area contributed by atoms with E-state index >= 15 is 8.78 Å². The molecule has 4 aromatic rings. The van der Waals surface area contributed by atoms with E-state index in [4.69, 9.17) is 0 Å². The first-order valence-corrected chi connectivity index (χ1v) is 13.6. The van der Waals surface area contributed by atoms with Gasteiger partial charge in [0.05, 0.1) is 24.0 Å². The van der Waals surface area contributed by atoms with Crippen LogP contribution in [0.4, 0.5) is 14.5 Å². The first-order valence-electron chi connectivity index (χ1n) is 13.6. The summed E-state index contributed by atoms with van der Waals surface area (Å²) in [6.45, 7) is 1.80. The Labute approximate surface area is 225 Å². The van der Waals surface area contributed by atoms with Crippen molar-refractivity contribution >= 4 is 11.6 Å². The van der Waals surface area contributed by atoms with E-state index in [2.05, 4.69) is 25.9 Å². The molecule has 0 saturated carbocycles. The maximum absolute atomic E-state index is 15.7. The van der Waals surface area contributed by atoms with Crippen LogP contribution in [-0.4, -0.2) is 35.0 Å². The molecule has 4 N–H and O–H groups in total. The lowest BCUT2D eigenvalue weighted by atomic mass is 9.97. The van der Waals surface area contributed by atoms with Gasteiger partial charge in [-0.05, 0) is 84.8 Å². The lowest BCUT2D eigenvalue weighted by Gasteiger charge is -2.15. The lowest BCUT2D eigenvalue weighted by Crippen LogP contribution is -2.35. The van der Waals surface area contributed by atoms with Crippen LogP contribution in [0.5, 0.6) is 0 Å². The van der Waals surface area contributed by atoms with E-state index in [-0.39, 0.29) is 29.1 Å². The van der Waals surface area contributed by atoms with Crippen LogP contribution in [0.2, 0.25) is 0 Å². The molecule has 3 heterocycles. The van der Waals surface area contributed by atoms with E-state index in [9.17, 15) is 4.79 Å². The standard InChI is InChI=1S/C31H29F2N5O/c32-31(33)24-15-20(18-5-7-19(8-6-18)28-17-36-29(38-28)26-3-1-13-34-26)9-11-22(24)23-12-10-21(16-25(23)31)37-30(39)27-4-2-14-35-27/h5-12,15-17,26-27,34-35H,1-4,13-14H2,(H,36,38)(H,37,39). The van der Waals surface area contributed by atoms with Gasteiger partial charge < -0.3 is 20.9 Å². The number of carbonyl (C=O) groups excluding carboxylic acids is 1. The number of imidazole rings is 1. The Morgan fingerprint density at radius 2 is 1.54 bits per heavy atom. The summed E-state index contributed by atoms with van der Waals surface area (Å²) in [5, 5.41) is 9.39. The zero-order valence-electron chi connectivity index (χ0n) is 21.4. The van der Waals surface area contributed by atoms with E-state index in [1.54, 1.807) is 24.3 Å². The third-order valence-corrected chi connectivity index (χ3v) is 8.17. The topological polar surface area (TPSA) is 81.8 Å². The van der Waals surface area contributed by atoms with Crippen LogP contribution >= 0.6 is 0 Å². The first-order chi connectivity index (χ1) is 19.0. The summed E-state index contributed by atoms with van der Waals surface area (Å²) in [6, 6.07) is 17.9. The van der Waals surface area contributed by atoms with Gasteiger partial charge >= 0.3 is 0 Å². The van der Waals surface area contributed by atoms with Crippen molar-refractivity contribution in [1.82, 2.24) is 20.6 Å². The Balaban J connectivity index is 1.13. The quantitative estimate of drug-likeness (QED) is 0.258. The number of rotatable bonds is 5. The minimum atomic E-state index is -3.16. The molecule has 8 heteroatoms. The Morgan fingerprint density at radius 1 is 0.846 bits per heavy atom. The van der Waals surface area contributed by atoms with Crippen LogP contribution in [-0.2, 0) is 10.7 Å². The molecule has 1 amide bonds. The molecule has 1 aliphatic carbocycles. The molecule has 0 radical (unpaired) electrons. The molecule has 7 rings (SSSR count). The van der Waals surface area contributed by atoms with Crippen LogP contribution < -0.4 is 16.0 Å². The molecule has 0 bridgehead atoms. The van der Waals surface area contributed by atoms with Crippen LogP contribution in [0, 0.1) is 0 Å². The summed E-state index contributed by atoms with van der Waals surface area (Å²) in [5.74, 6) is -2.39. The van der Waals surface area contributed by atoms with Gasteiger partial charge in [-0.25, -0.2) is 4.98 Å². The summed E-state index contributed by atoms with van der Waals surface area (Å²) in [6.07, 6.45) is 5.76. The molecule has 3 aliphatic rings. The molecular weight excluding hydrogens is 496 g/mol. The minimum Gasteiger partial charge on any atom is -0.341 e. The number of H-pyrrole nitrogens is 1. The normalized spacial score (nSPS) is 21.1. The van der Waals surface area contributed by atoms with Crippen molar-refractivity contribution < 1.29 is 13.6 Å². The van der Waals surface area contributed by atoms with Gasteiger partial charge in [-0.1, -0.05) is 42.5 Å². The Morgan fingerprint density at radius 3 is 2.28 bits per heavy atom. The number of nitrogens with zero attached hydrogens (tertiary/aromatic N) is 1. The van der Waals surface area contributed by atoms with Gasteiger partial charge in [0.2, 0.25) is 5.91 Å². The molecule has 3 aromatic carbocycles. The highest BCUT2D eigenvalue weighted by molar-refractivity contribution is 5.96. The van der Waals surface area contributed by atoms with Crippen LogP contribution in [0.3, 0.4) is 0 Å². The van der Waals surface area contributed by atoms with E-state index in [1.165, 1.54) is 6.07 Å². The SMILES string of the molecule is O=C(Nc1ccc2c(c1)C(F)(F)c1cc(-c3ccc(-c4cnc(C5CCCN5)[nH]4)cc3)ccc1-2)C1CCCN1. The Kier molecular flexibility index (Phi) is 5.82. The molecule has 0 spiro atoms. The van der Waals surface area contributed by atoms with Gasteiger partial charge in [-0.3, -0.25) is 4.79 Å². The molecule has 1 aromatic heterocycles. The van der Waals surface area contributed by atoms with Gasteiger partial charge in [0, 0.05) is 16.8 Å². The van der Waals surface area contributed by atoms with Crippen LogP contribution in [0.25, 0.3) is 33.5 Å². The van der Waals surface area contributed by atoms with E-state index in [1.807, 2.05) is 36.5 Å². The van der Waals surface area contributed by atoms with Crippen molar-refractivity contribution in [3.63, 3.8) is 0 Å². The van der Waals surface area contributed by atoms with Crippen molar-refractivity contribution in [2.45, 2.75) is 43.7 Å². The molecule has 39 heavy (non-hydrogen) atoms.